The van der Waals surface area contributed by atoms with Crippen LogP contribution < -0.4 is 5.32 Å². The van der Waals surface area contributed by atoms with E-state index in [1.165, 1.54) is 11.1 Å². The average molecular weight is 278 g/mol. The molecule has 0 saturated heterocycles. The van der Waals surface area contributed by atoms with Crippen molar-refractivity contribution in [3.63, 3.8) is 0 Å². The van der Waals surface area contributed by atoms with Gasteiger partial charge in [0.15, 0.2) is 0 Å². The number of aryl methyl sites for hydroxylation is 1. The summed E-state index contributed by atoms with van der Waals surface area (Å²) in [6.45, 7) is 7.16. The van der Waals surface area contributed by atoms with Crippen LogP contribution in [-0.4, -0.2) is 0 Å². The highest BCUT2D eigenvalue weighted by molar-refractivity contribution is 5.60. The van der Waals surface area contributed by atoms with Crippen molar-refractivity contribution in [3.05, 3.63) is 64.7 Å². The average Bonchev–Trinajstić information content (AvgIpc) is 2.46. The highest BCUT2D eigenvalue weighted by Crippen LogP contribution is 2.19. The highest BCUT2D eigenvalue weighted by atomic mass is 14.9. The van der Waals surface area contributed by atoms with Crippen molar-refractivity contribution in [1.29, 1.82) is 5.26 Å². The first-order chi connectivity index (χ1) is 10.1. The molecule has 2 aromatic rings. The lowest BCUT2D eigenvalue weighted by Crippen LogP contribution is -2.02. The van der Waals surface area contributed by atoms with Crippen LogP contribution in [-0.2, 0) is 13.0 Å². The second kappa shape index (κ2) is 6.95. The Morgan fingerprint density at radius 2 is 1.71 bits per heavy atom. The predicted octanol–water partition coefficient (Wildman–Crippen LogP) is 4.68. The summed E-state index contributed by atoms with van der Waals surface area (Å²) < 4.78 is 0. The van der Waals surface area contributed by atoms with Gasteiger partial charge >= 0.3 is 0 Å². The minimum atomic E-state index is 0.680. The van der Waals surface area contributed by atoms with Gasteiger partial charge in [0.25, 0.3) is 0 Å². The third kappa shape index (κ3) is 4.10. The number of benzene rings is 2. The molecule has 0 bridgehead atoms. The minimum Gasteiger partial charge on any atom is -0.380 e. The highest BCUT2D eigenvalue weighted by Gasteiger charge is 2.04. The molecule has 0 fully saturated rings. The number of nitrogens with zero attached hydrogens (tertiary/aromatic N) is 1. The molecule has 0 radical (unpaired) electrons. The zero-order valence-electron chi connectivity index (χ0n) is 13.0. The van der Waals surface area contributed by atoms with Crippen LogP contribution in [0, 0.1) is 24.2 Å². The Bertz CT molecular complexity index is 634. The van der Waals surface area contributed by atoms with Crippen molar-refractivity contribution in [2.24, 2.45) is 5.92 Å². The number of hydrogen-bond donors (Lipinski definition) is 1. The molecule has 0 saturated carbocycles. The second-order valence-electron chi connectivity index (χ2n) is 5.88. The van der Waals surface area contributed by atoms with Gasteiger partial charge in [-0.25, -0.2) is 0 Å². The third-order valence-corrected chi connectivity index (χ3v) is 3.53. The molecular weight excluding hydrogens is 256 g/mol. The summed E-state index contributed by atoms with van der Waals surface area (Å²) in [6.07, 6.45) is 1.12. The Morgan fingerprint density at radius 3 is 2.33 bits per heavy atom. The topological polar surface area (TPSA) is 35.8 Å². The largest absolute Gasteiger partial charge is 0.380 e. The van der Waals surface area contributed by atoms with Crippen LogP contribution in [0.5, 0.6) is 0 Å². The van der Waals surface area contributed by atoms with E-state index in [0.717, 1.165) is 29.8 Å². The molecule has 0 aromatic heterocycles. The number of hydrogen-bond acceptors (Lipinski definition) is 2. The summed E-state index contributed by atoms with van der Waals surface area (Å²) in [5.41, 5.74) is 5.25. The molecule has 108 valence electrons. The predicted molar refractivity (Wildman–Crippen MR) is 88.2 cm³/mol. The maximum absolute atomic E-state index is 9.23. The molecule has 2 rings (SSSR count). The van der Waals surface area contributed by atoms with Gasteiger partial charge in [0, 0.05) is 6.54 Å². The normalized spacial score (nSPS) is 10.4. The summed E-state index contributed by atoms with van der Waals surface area (Å²) >= 11 is 0. The van der Waals surface area contributed by atoms with Gasteiger partial charge in [-0.1, -0.05) is 50.2 Å². The molecule has 0 unspecified atom stereocenters. The van der Waals surface area contributed by atoms with Crippen LogP contribution in [0.25, 0.3) is 0 Å². The van der Waals surface area contributed by atoms with Crippen molar-refractivity contribution in [2.75, 3.05) is 5.32 Å². The van der Waals surface area contributed by atoms with Gasteiger partial charge in [0.2, 0.25) is 0 Å². The third-order valence-electron chi connectivity index (χ3n) is 3.53. The molecule has 21 heavy (non-hydrogen) atoms. The monoisotopic (exact) mass is 278 g/mol. The Kier molecular flexibility index (Phi) is 5.00. The smallest absolute Gasteiger partial charge is 0.102 e. The van der Waals surface area contributed by atoms with Crippen molar-refractivity contribution in [1.82, 2.24) is 0 Å². The Hall–Kier alpha value is -2.27. The van der Waals surface area contributed by atoms with E-state index in [1.807, 2.05) is 25.1 Å². The van der Waals surface area contributed by atoms with E-state index in [9.17, 15) is 5.26 Å². The van der Waals surface area contributed by atoms with Crippen LogP contribution >= 0.6 is 0 Å². The maximum atomic E-state index is 9.23. The quantitative estimate of drug-likeness (QED) is 0.862. The summed E-state index contributed by atoms with van der Waals surface area (Å²) in [4.78, 5) is 0. The zero-order valence-corrected chi connectivity index (χ0v) is 13.0. The molecule has 0 spiro atoms. The van der Waals surface area contributed by atoms with Crippen LogP contribution in [0.1, 0.15) is 36.1 Å². The molecule has 0 aliphatic rings. The standard InChI is InChI=1S/C19H22N2/c1-14(2)11-16-7-9-17(10-8-16)13-21-19-6-4-5-15(3)18(19)12-20/h4-10,14,21H,11,13H2,1-3H3. The van der Waals surface area contributed by atoms with Gasteiger partial charge in [-0.05, 0) is 42.0 Å². The van der Waals surface area contributed by atoms with Crippen molar-refractivity contribution in [2.45, 2.75) is 33.7 Å². The van der Waals surface area contributed by atoms with Crippen molar-refractivity contribution >= 4 is 5.69 Å². The van der Waals surface area contributed by atoms with Crippen LogP contribution in [0.15, 0.2) is 42.5 Å². The van der Waals surface area contributed by atoms with E-state index in [4.69, 9.17) is 0 Å². The number of rotatable bonds is 5. The first-order valence-electron chi connectivity index (χ1n) is 7.41. The Labute approximate surface area is 127 Å². The first-order valence-corrected chi connectivity index (χ1v) is 7.41. The van der Waals surface area contributed by atoms with Gasteiger partial charge in [0.1, 0.15) is 6.07 Å². The lowest BCUT2D eigenvalue weighted by Gasteiger charge is -2.11. The van der Waals surface area contributed by atoms with Crippen LogP contribution in [0.3, 0.4) is 0 Å². The van der Waals surface area contributed by atoms with Crippen LogP contribution in [0.4, 0.5) is 5.69 Å². The molecule has 0 aliphatic heterocycles. The van der Waals surface area contributed by atoms with E-state index >= 15 is 0 Å². The second-order valence-corrected chi connectivity index (χ2v) is 5.88. The minimum absolute atomic E-state index is 0.680. The van der Waals surface area contributed by atoms with Gasteiger partial charge in [0.05, 0.1) is 11.3 Å². The van der Waals surface area contributed by atoms with Gasteiger partial charge in [-0.3, -0.25) is 0 Å². The van der Waals surface area contributed by atoms with E-state index in [-0.39, 0.29) is 0 Å². The lowest BCUT2D eigenvalue weighted by atomic mass is 10.0. The van der Waals surface area contributed by atoms with Crippen LogP contribution in [0.2, 0.25) is 0 Å². The number of nitrogens with one attached hydrogen (secondary N) is 1. The molecule has 2 nitrogen and oxygen atoms in total. The molecule has 1 N–H and O–H groups in total. The first kappa shape index (κ1) is 15.1. The number of nitriles is 1. The fraction of sp³-hybridized carbons (Fsp3) is 0.316. The summed E-state index contributed by atoms with van der Waals surface area (Å²) in [6, 6.07) is 16.9. The summed E-state index contributed by atoms with van der Waals surface area (Å²) in [5.74, 6) is 0.680. The molecule has 2 heteroatoms. The Balaban J connectivity index is 2.04. The van der Waals surface area contributed by atoms with E-state index < -0.39 is 0 Å². The fourth-order valence-corrected chi connectivity index (χ4v) is 2.43. The number of anilines is 1. The van der Waals surface area contributed by atoms with E-state index in [1.54, 1.807) is 0 Å². The molecule has 0 heterocycles. The molecule has 0 atom stereocenters. The molecule has 0 aliphatic carbocycles. The van der Waals surface area contributed by atoms with Gasteiger partial charge < -0.3 is 5.32 Å². The fourth-order valence-electron chi connectivity index (χ4n) is 2.43. The maximum Gasteiger partial charge on any atom is 0.102 e. The van der Waals surface area contributed by atoms with Crippen molar-refractivity contribution in [3.8, 4) is 6.07 Å². The Morgan fingerprint density at radius 1 is 1.05 bits per heavy atom. The summed E-state index contributed by atoms with van der Waals surface area (Å²) in [7, 11) is 0. The SMILES string of the molecule is Cc1cccc(NCc2ccc(CC(C)C)cc2)c1C#N. The molecule has 0 amide bonds. The van der Waals surface area contributed by atoms with Gasteiger partial charge in [-0.15, -0.1) is 0 Å². The zero-order chi connectivity index (χ0) is 15.2. The van der Waals surface area contributed by atoms with Crippen molar-refractivity contribution < 1.29 is 0 Å². The van der Waals surface area contributed by atoms with E-state index in [2.05, 4.69) is 49.5 Å². The lowest BCUT2D eigenvalue weighted by molar-refractivity contribution is 0.647. The molecular formula is C19H22N2. The van der Waals surface area contributed by atoms with E-state index in [0.29, 0.717) is 5.92 Å². The molecule has 2 aromatic carbocycles. The summed E-state index contributed by atoms with van der Waals surface area (Å²) in [5, 5.41) is 12.6. The van der Waals surface area contributed by atoms with Gasteiger partial charge in [-0.2, -0.15) is 5.26 Å².